The first kappa shape index (κ1) is 22.7. The number of hydrogen-bond acceptors (Lipinski definition) is 6. The summed E-state index contributed by atoms with van der Waals surface area (Å²) in [7, 11) is 2.94. The molecule has 0 radical (unpaired) electrons. The number of methoxy groups -OCH3 is 1. The summed E-state index contributed by atoms with van der Waals surface area (Å²) in [6.07, 6.45) is 9.57. The number of hydrogen-bond donors (Lipinski definition) is 2. The van der Waals surface area contributed by atoms with Crippen molar-refractivity contribution in [3.8, 4) is 0 Å². The topological polar surface area (TPSA) is 89.0 Å². The predicted molar refractivity (Wildman–Crippen MR) is 110 cm³/mol. The Labute approximate surface area is 165 Å². The molecule has 0 heterocycles. The van der Waals surface area contributed by atoms with Gasteiger partial charge in [-0.1, -0.05) is 55.8 Å². The number of hydrazone groups is 1. The molecule has 0 aromatic heterocycles. The Morgan fingerprint density at radius 1 is 1.21 bits per heavy atom. The zero-order chi connectivity index (χ0) is 20.6. The molecule has 0 saturated heterocycles. The van der Waals surface area contributed by atoms with Crippen LogP contribution in [-0.4, -0.2) is 32.4 Å². The van der Waals surface area contributed by atoms with Crippen LogP contribution in [0.4, 0.5) is 4.79 Å². The highest BCUT2D eigenvalue weighted by atomic mass is 16.6. The molecule has 0 aliphatic heterocycles. The Hall–Kier alpha value is -3.35. The van der Waals surface area contributed by atoms with E-state index in [1.165, 1.54) is 13.2 Å². The van der Waals surface area contributed by atoms with Gasteiger partial charge in [0, 0.05) is 13.3 Å². The molecule has 0 fully saturated rings. The standard InChI is InChI=1S/C21H27N3O4/c1-4-5-10-17(13-9-14-23-22-2)15-19(20(25)27-3)24-21(26)28-16-18-11-7-6-8-12-18/h6-15,22H,4-5,16H2,1-3H3,(H,24,26)/b13-9+,17-10+,19-15-,23-14-. The highest BCUT2D eigenvalue weighted by Gasteiger charge is 2.14. The number of alkyl carbamates (subject to hydrolysis) is 1. The quantitative estimate of drug-likeness (QED) is 0.212. The molecular formula is C21H27N3O4. The number of rotatable bonds is 10. The van der Waals surface area contributed by atoms with E-state index >= 15 is 0 Å². The summed E-state index contributed by atoms with van der Waals surface area (Å²) in [5, 5.41) is 6.32. The van der Waals surface area contributed by atoms with E-state index < -0.39 is 12.1 Å². The molecule has 0 atom stereocenters. The summed E-state index contributed by atoms with van der Waals surface area (Å²) in [6.45, 7) is 2.14. The summed E-state index contributed by atoms with van der Waals surface area (Å²) in [5.41, 5.74) is 4.20. The van der Waals surface area contributed by atoms with E-state index in [0.29, 0.717) is 0 Å². The molecule has 0 spiro atoms. The van der Waals surface area contributed by atoms with E-state index in [2.05, 4.69) is 15.8 Å². The van der Waals surface area contributed by atoms with Gasteiger partial charge in [-0.2, -0.15) is 5.10 Å². The molecule has 2 N–H and O–H groups in total. The van der Waals surface area contributed by atoms with E-state index in [1.807, 2.05) is 43.3 Å². The maximum absolute atomic E-state index is 12.1. The number of ether oxygens (including phenoxy) is 2. The summed E-state index contributed by atoms with van der Waals surface area (Å²) in [6, 6.07) is 9.26. The lowest BCUT2D eigenvalue weighted by atomic mass is 10.1. The SMILES string of the molecule is CCC/C=C(/C=C(\NC(=O)OCc1ccccc1)C(=O)OC)\C=C\C=N/NC. The Kier molecular flexibility index (Phi) is 11.2. The molecular weight excluding hydrogens is 358 g/mol. The van der Waals surface area contributed by atoms with Crippen molar-refractivity contribution in [2.75, 3.05) is 14.2 Å². The normalized spacial score (nSPS) is 12.2. The van der Waals surface area contributed by atoms with Crippen molar-refractivity contribution < 1.29 is 19.1 Å². The van der Waals surface area contributed by atoms with Crippen LogP contribution in [0, 0.1) is 0 Å². The third-order valence-electron chi connectivity index (χ3n) is 3.41. The number of nitrogens with one attached hydrogen (secondary N) is 2. The molecule has 1 amide bonds. The van der Waals surface area contributed by atoms with Gasteiger partial charge in [0.05, 0.1) is 7.11 Å². The minimum absolute atomic E-state index is 0.0156. The van der Waals surface area contributed by atoms with Crippen LogP contribution in [0.2, 0.25) is 0 Å². The van der Waals surface area contributed by atoms with Gasteiger partial charge in [0.15, 0.2) is 0 Å². The average Bonchev–Trinajstić information content (AvgIpc) is 2.72. The van der Waals surface area contributed by atoms with Crippen molar-refractivity contribution >= 4 is 18.3 Å². The van der Waals surface area contributed by atoms with E-state index in [4.69, 9.17) is 9.47 Å². The Morgan fingerprint density at radius 2 is 1.96 bits per heavy atom. The highest BCUT2D eigenvalue weighted by Crippen LogP contribution is 2.08. The molecule has 0 bridgehead atoms. The van der Waals surface area contributed by atoms with Gasteiger partial charge >= 0.3 is 12.1 Å². The minimum Gasteiger partial charge on any atom is -0.464 e. The van der Waals surface area contributed by atoms with Crippen LogP contribution in [-0.2, 0) is 20.9 Å². The van der Waals surface area contributed by atoms with Crippen LogP contribution in [0.5, 0.6) is 0 Å². The number of nitrogens with zero attached hydrogens (tertiary/aromatic N) is 1. The molecule has 1 rings (SSSR count). The number of esters is 1. The molecule has 7 heteroatoms. The van der Waals surface area contributed by atoms with Crippen molar-refractivity contribution in [1.82, 2.24) is 10.7 Å². The molecule has 1 aromatic rings. The van der Waals surface area contributed by atoms with Crippen LogP contribution in [0.3, 0.4) is 0 Å². The lowest BCUT2D eigenvalue weighted by Crippen LogP contribution is -2.28. The van der Waals surface area contributed by atoms with Crippen molar-refractivity contribution in [3.05, 3.63) is 71.5 Å². The zero-order valence-corrected chi connectivity index (χ0v) is 16.5. The molecule has 0 saturated carbocycles. The molecule has 150 valence electrons. The van der Waals surface area contributed by atoms with Crippen LogP contribution in [0.15, 0.2) is 71.0 Å². The monoisotopic (exact) mass is 385 g/mol. The second kappa shape index (κ2) is 13.8. The van der Waals surface area contributed by atoms with Gasteiger partial charge in [-0.05, 0) is 29.7 Å². The number of benzene rings is 1. The number of carbonyl (C=O) groups is 2. The third-order valence-corrected chi connectivity index (χ3v) is 3.41. The number of amides is 1. The van der Waals surface area contributed by atoms with Gasteiger partial charge in [0.1, 0.15) is 12.3 Å². The third kappa shape index (κ3) is 9.38. The summed E-state index contributed by atoms with van der Waals surface area (Å²) in [4.78, 5) is 24.2. The molecule has 0 aliphatic carbocycles. The zero-order valence-electron chi connectivity index (χ0n) is 16.5. The van der Waals surface area contributed by atoms with Gasteiger partial charge in [-0.3, -0.25) is 5.32 Å². The number of carbonyl (C=O) groups excluding carboxylic acids is 2. The van der Waals surface area contributed by atoms with Crippen LogP contribution in [0.25, 0.3) is 0 Å². The second-order valence-corrected chi connectivity index (χ2v) is 5.59. The lowest BCUT2D eigenvalue weighted by molar-refractivity contribution is -0.136. The largest absolute Gasteiger partial charge is 0.464 e. The highest BCUT2D eigenvalue weighted by molar-refractivity contribution is 5.92. The van der Waals surface area contributed by atoms with E-state index in [0.717, 1.165) is 24.0 Å². The summed E-state index contributed by atoms with van der Waals surface area (Å²) >= 11 is 0. The number of unbranched alkanes of at least 4 members (excludes halogenated alkanes) is 1. The molecule has 7 nitrogen and oxygen atoms in total. The van der Waals surface area contributed by atoms with Crippen LogP contribution < -0.4 is 10.7 Å². The van der Waals surface area contributed by atoms with E-state index in [1.54, 1.807) is 25.4 Å². The first-order valence-electron chi connectivity index (χ1n) is 8.95. The van der Waals surface area contributed by atoms with Gasteiger partial charge in [-0.25, -0.2) is 9.59 Å². The Bertz CT molecular complexity index is 737. The van der Waals surface area contributed by atoms with E-state index in [-0.39, 0.29) is 12.3 Å². The fraction of sp³-hybridized carbons (Fsp3) is 0.286. The van der Waals surface area contributed by atoms with Gasteiger partial charge in [-0.15, -0.1) is 0 Å². The maximum atomic E-state index is 12.1. The van der Waals surface area contributed by atoms with Crippen LogP contribution >= 0.6 is 0 Å². The first-order chi connectivity index (χ1) is 13.6. The predicted octanol–water partition coefficient (Wildman–Crippen LogP) is 3.46. The van der Waals surface area contributed by atoms with Crippen molar-refractivity contribution in [2.24, 2.45) is 5.10 Å². The fourth-order valence-corrected chi connectivity index (χ4v) is 2.05. The smallest absolute Gasteiger partial charge is 0.412 e. The average molecular weight is 385 g/mol. The second-order valence-electron chi connectivity index (χ2n) is 5.59. The number of allylic oxidation sites excluding steroid dienone is 5. The van der Waals surface area contributed by atoms with Gasteiger partial charge < -0.3 is 14.9 Å². The molecule has 1 aromatic carbocycles. The van der Waals surface area contributed by atoms with Crippen LogP contribution in [0.1, 0.15) is 25.3 Å². The van der Waals surface area contributed by atoms with E-state index in [9.17, 15) is 9.59 Å². The molecule has 0 aliphatic rings. The van der Waals surface area contributed by atoms with Gasteiger partial charge in [0.25, 0.3) is 0 Å². The first-order valence-corrected chi connectivity index (χ1v) is 8.95. The maximum Gasteiger partial charge on any atom is 0.412 e. The minimum atomic E-state index is -0.740. The summed E-state index contributed by atoms with van der Waals surface area (Å²) < 4.78 is 9.92. The molecule has 0 unspecified atom stereocenters. The molecule has 28 heavy (non-hydrogen) atoms. The van der Waals surface area contributed by atoms with Crippen molar-refractivity contribution in [3.63, 3.8) is 0 Å². The Balaban J connectivity index is 2.89. The van der Waals surface area contributed by atoms with Gasteiger partial charge in [0.2, 0.25) is 0 Å². The fourth-order valence-electron chi connectivity index (χ4n) is 2.05. The van der Waals surface area contributed by atoms with Crippen molar-refractivity contribution in [1.29, 1.82) is 0 Å². The lowest BCUT2D eigenvalue weighted by Gasteiger charge is -2.09. The summed E-state index contributed by atoms with van der Waals surface area (Å²) in [5.74, 6) is -0.670. The van der Waals surface area contributed by atoms with Crippen molar-refractivity contribution in [2.45, 2.75) is 26.4 Å². The Morgan fingerprint density at radius 3 is 2.61 bits per heavy atom.